The van der Waals surface area contributed by atoms with Crippen LogP contribution in [0.5, 0.6) is 0 Å². The highest BCUT2D eigenvalue weighted by molar-refractivity contribution is 5.80. The summed E-state index contributed by atoms with van der Waals surface area (Å²) in [5.74, 6) is -1.54. The normalized spacial score (nSPS) is 25.5. The van der Waals surface area contributed by atoms with Crippen molar-refractivity contribution in [3.05, 3.63) is 30.1 Å². The van der Waals surface area contributed by atoms with Gasteiger partial charge in [-0.2, -0.15) is 0 Å². The van der Waals surface area contributed by atoms with Gasteiger partial charge >= 0.3 is 5.97 Å². The number of carboxylic acid groups (broad SMARTS) is 1. The number of hydrogen-bond donors (Lipinski definition) is 2. The number of amides is 1. The quantitative estimate of drug-likeness (QED) is 0.857. The van der Waals surface area contributed by atoms with Gasteiger partial charge < -0.3 is 10.4 Å². The molecular weight excluding hydrogens is 306 g/mol. The highest BCUT2D eigenvalue weighted by atomic mass is 16.4. The third kappa shape index (κ3) is 4.12. The number of hydrogen-bond acceptors (Lipinski definition) is 4. The SMILES string of the molecule is O=C(O)[C@H]1C[C@H](C(=O)NCc2cccnc2)CN(C2CCCC2)C1. The van der Waals surface area contributed by atoms with Gasteiger partial charge in [0.2, 0.25) is 5.91 Å². The van der Waals surface area contributed by atoms with E-state index in [9.17, 15) is 14.7 Å². The van der Waals surface area contributed by atoms with Crippen LogP contribution in [0.1, 0.15) is 37.7 Å². The highest BCUT2D eigenvalue weighted by Crippen LogP contribution is 2.30. The Morgan fingerprint density at radius 3 is 2.67 bits per heavy atom. The molecule has 2 atom stereocenters. The lowest BCUT2D eigenvalue weighted by Crippen LogP contribution is -2.51. The fourth-order valence-corrected chi connectivity index (χ4v) is 3.91. The van der Waals surface area contributed by atoms with Crippen molar-refractivity contribution in [3.8, 4) is 0 Å². The van der Waals surface area contributed by atoms with Gasteiger partial charge in [0.15, 0.2) is 0 Å². The standard InChI is InChI=1S/C18H25N3O3/c22-17(20-10-13-4-3-7-19-9-13)14-8-15(18(23)24)12-21(11-14)16-5-1-2-6-16/h3-4,7,9,14-16H,1-2,5-6,8,10-12H2,(H,20,22)(H,23,24)/t14-,15-/m0/s1. The minimum absolute atomic E-state index is 0.0483. The fraction of sp³-hybridized carbons (Fsp3) is 0.611. The van der Waals surface area contributed by atoms with E-state index in [4.69, 9.17) is 0 Å². The third-order valence-electron chi connectivity index (χ3n) is 5.23. The molecule has 1 aliphatic carbocycles. The second-order valence-electron chi connectivity index (χ2n) is 6.94. The molecule has 2 fully saturated rings. The van der Waals surface area contributed by atoms with Crippen molar-refractivity contribution in [2.75, 3.05) is 13.1 Å². The van der Waals surface area contributed by atoms with Crippen molar-refractivity contribution in [3.63, 3.8) is 0 Å². The van der Waals surface area contributed by atoms with Gasteiger partial charge in [-0.15, -0.1) is 0 Å². The summed E-state index contributed by atoms with van der Waals surface area (Å²) in [4.78, 5) is 30.3. The molecule has 1 aliphatic heterocycles. The number of likely N-dealkylation sites (tertiary alicyclic amines) is 1. The van der Waals surface area contributed by atoms with Crippen molar-refractivity contribution < 1.29 is 14.7 Å². The van der Waals surface area contributed by atoms with Crippen LogP contribution in [-0.4, -0.2) is 46.0 Å². The summed E-state index contributed by atoms with van der Waals surface area (Å²) < 4.78 is 0. The Balaban J connectivity index is 1.61. The number of carbonyl (C=O) groups is 2. The van der Waals surface area contributed by atoms with Gasteiger partial charge in [-0.3, -0.25) is 19.5 Å². The topological polar surface area (TPSA) is 82.5 Å². The molecule has 0 bridgehead atoms. The van der Waals surface area contributed by atoms with Crippen LogP contribution >= 0.6 is 0 Å². The number of aromatic nitrogens is 1. The molecule has 1 saturated heterocycles. The van der Waals surface area contributed by atoms with Gasteiger partial charge in [0.25, 0.3) is 0 Å². The van der Waals surface area contributed by atoms with Crippen LogP contribution in [0.15, 0.2) is 24.5 Å². The van der Waals surface area contributed by atoms with Crippen molar-refractivity contribution in [2.45, 2.75) is 44.7 Å². The predicted molar refractivity (Wildman–Crippen MR) is 89.1 cm³/mol. The molecule has 1 saturated carbocycles. The lowest BCUT2D eigenvalue weighted by atomic mass is 9.87. The van der Waals surface area contributed by atoms with Crippen LogP contribution in [0.2, 0.25) is 0 Å². The lowest BCUT2D eigenvalue weighted by molar-refractivity contribution is -0.146. The van der Waals surface area contributed by atoms with Crippen molar-refractivity contribution in [2.24, 2.45) is 11.8 Å². The third-order valence-corrected chi connectivity index (χ3v) is 5.23. The monoisotopic (exact) mass is 331 g/mol. The molecule has 1 amide bonds. The van der Waals surface area contributed by atoms with E-state index in [0.29, 0.717) is 32.1 Å². The Morgan fingerprint density at radius 2 is 2.00 bits per heavy atom. The summed E-state index contributed by atoms with van der Waals surface area (Å²) in [5.41, 5.74) is 0.948. The average molecular weight is 331 g/mol. The van der Waals surface area contributed by atoms with E-state index in [0.717, 1.165) is 18.4 Å². The number of nitrogens with zero attached hydrogens (tertiary/aromatic N) is 2. The first-order valence-electron chi connectivity index (χ1n) is 8.77. The van der Waals surface area contributed by atoms with Gasteiger partial charge in [0, 0.05) is 38.1 Å². The molecule has 0 radical (unpaired) electrons. The van der Waals surface area contributed by atoms with E-state index in [1.807, 2.05) is 12.1 Å². The summed E-state index contributed by atoms with van der Waals surface area (Å²) in [6.07, 6.45) is 8.51. The number of pyridine rings is 1. The number of rotatable bonds is 5. The fourth-order valence-electron chi connectivity index (χ4n) is 3.91. The molecule has 2 aliphatic rings. The molecule has 130 valence electrons. The molecule has 3 rings (SSSR count). The number of aliphatic carboxylic acids is 1. The number of carboxylic acids is 1. The van der Waals surface area contributed by atoms with Gasteiger partial charge in [0.1, 0.15) is 0 Å². The summed E-state index contributed by atoms with van der Waals surface area (Å²) in [6, 6.07) is 4.20. The van der Waals surface area contributed by atoms with Crippen LogP contribution in [0.3, 0.4) is 0 Å². The van der Waals surface area contributed by atoms with E-state index in [1.54, 1.807) is 12.4 Å². The van der Waals surface area contributed by atoms with Gasteiger partial charge in [-0.1, -0.05) is 18.9 Å². The van der Waals surface area contributed by atoms with Crippen molar-refractivity contribution in [1.29, 1.82) is 0 Å². The Hall–Kier alpha value is -1.95. The Morgan fingerprint density at radius 1 is 1.25 bits per heavy atom. The predicted octanol–water partition coefficient (Wildman–Crippen LogP) is 1.66. The number of nitrogens with one attached hydrogen (secondary N) is 1. The zero-order valence-electron chi connectivity index (χ0n) is 13.9. The second kappa shape index (κ2) is 7.75. The van der Waals surface area contributed by atoms with Gasteiger partial charge in [-0.25, -0.2) is 0 Å². The average Bonchev–Trinajstić information content (AvgIpc) is 3.15. The van der Waals surface area contributed by atoms with E-state index in [-0.39, 0.29) is 11.8 Å². The Labute approximate surface area is 142 Å². The van der Waals surface area contributed by atoms with Crippen LogP contribution in [0, 0.1) is 11.8 Å². The van der Waals surface area contributed by atoms with Gasteiger partial charge in [0.05, 0.1) is 11.8 Å². The van der Waals surface area contributed by atoms with Crippen molar-refractivity contribution >= 4 is 11.9 Å². The molecule has 0 spiro atoms. The van der Waals surface area contributed by atoms with E-state index in [1.165, 1.54) is 12.8 Å². The first-order valence-corrected chi connectivity index (χ1v) is 8.77. The number of carbonyl (C=O) groups excluding carboxylic acids is 1. The Bertz CT molecular complexity index is 572. The first-order chi connectivity index (χ1) is 11.6. The summed E-state index contributed by atoms with van der Waals surface area (Å²) in [5, 5.41) is 12.4. The molecule has 1 aromatic heterocycles. The summed E-state index contributed by atoms with van der Waals surface area (Å²) in [6.45, 7) is 1.68. The molecule has 2 N–H and O–H groups in total. The summed E-state index contributed by atoms with van der Waals surface area (Å²) >= 11 is 0. The highest BCUT2D eigenvalue weighted by Gasteiger charge is 2.38. The molecule has 2 heterocycles. The maximum atomic E-state index is 12.5. The molecule has 0 unspecified atom stereocenters. The van der Waals surface area contributed by atoms with Gasteiger partial charge in [-0.05, 0) is 30.9 Å². The molecule has 6 heteroatoms. The lowest BCUT2D eigenvalue weighted by Gasteiger charge is -2.39. The van der Waals surface area contributed by atoms with Crippen LogP contribution < -0.4 is 5.32 Å². The van der Waals surface area contributed by atoms with Crippen LogP contribution in [0.4, 0.5) is 0 Å². The number of piperidine rings is 1. The molecule has 6 nitrogen and oxygen atoms in total. The maximum Gasteiger partial charge on any atom is 0.307 e. The molecule has 1 aromatic rings. The second-order valence-corrected chi connectivity index (χ2v) is 6.94. The Kier molecular flexibility index (Phi) is 5.45. The van der Waals surface area contributed by atoms with E-state index >= 15 is 0 Å². The zero-order valence-corrected chi connectivity index (χ0v) is 13.9. The minimum Gasteiger partial charge on any atom is -0.481 e. The van der Waals surface area contributed by atoms with E-state index < -0.39 is 11.9 Å². The van der Waals surface area contributed by atoms with Crippen LogP contribution in [-0.2, 0) is 16.1 Å². The smallest absolute Gasteiger partial charge is 0.307 e. The van der Waals surface area contributed by atoms with Crippen molar-refractivity contribution in [1.82, 2.24) is 15.2 Å². The van der Waals surface area contributed by atoms with E-state index in [2.05, 4.69) is 15.2 Å². The zero-order chi connectivity index (χ0) is 16.9. The molecular formula is C18H25N3O3. The van der Waals surface area contributed by atoms with Crippen LogP contribution in [0.25, 0.3) is 0 Å². The minimum atomic E-state index is -0.789. The largest absolute Gasteiger partial charge is 0.481 e. The maximum absolute atomic E-state index is 12.5. The summed E-state index contributed by atoms with van der Waals surface area (Å²) in [7, 11) is 0. The molecule has 0 aromatic carbocycles. The molecule has 24 heavy (non-hydrogen) atoms. The first kappa shape index (κ1) is 16.9.